The number of Topliss-reactive ketones (excluding diaryl/α,β-unsaturated/α-hetero) is 1. The predicted octanol–water partition coefficient (Wildman–Crippen LogP) is 5.53. The van der Waals surface area contributed by atoms with Crippen LogP contribution >= 0.6 is 0 Å². The summed E-state index contributed by atoms with van der Waals surface area (Å²) in [5.41, 5.74) is 12.1. The van der Waals surface area contributed by atoms with Gasteiger partial charge in [-0.05, 0) is 40.8 Å². The van der Waals surface area contributed by atoms with Gasteiger partial charge in [0.05, 0.1) is 0 Å². The molecule has 0 N–H and O–H groups in total. The summed E-state index contributed by atoms with van der Waals surface area (Å²) in [6.07, 6.45) is 0. The van der Waals surface area contributed by atoms with Crippen LogP contribution in [0.3, 0.4) is 0 Å². The summed E-state index contributed by atoms with van der Waals surface area (Å²) in [7, 11) is 0. The Kier molecular flexibility index (Phi) is 4.92. The fourth-order valence-electron chi connectivity index (χ4n) is 2.37. The zero-order chi connectivity index (χ0) is 17.5. The highest BCUT2D eigenvalue weighted by atomic mass is 16.1. The van der Waals surface area contributed by atoms with Crippen LogP contribution in [-0.4, -0.2) is 5.78 Å². The van der Waals surface area contributed by atoms with E-state index in [1.807, 2.05) is 54.6 Å². The van der Waals surface area contributed by atoms with Crippen molar-refractivity contribution in [2.45, 2.75) is 0 Å². The molecule has 4 nitrogen and oxygen atoms in total. The number of carbonyl (C=O) groups excluding carboxylic acids is 1. The first-order valence-electron chi connectivity index (χ1n) is 7.64. The molecule has 4 heteroatoms. The highest BCUT2D eigenvalue weighted by molar-refractivity contribution is 6.12. The fourth-order valence-corrected chi connectivity index (χ4v) is 2.37. The van der Waals surface area contributed by atoms with E-state index in [2.05, 4.69) is 21.9 Å². The van der Waals surface area contributed by atoms with Gasteiger partial charge in [0.2, 0.25) is 5.78 Å². The third kappa shape index (κ3) is 3.94. The lowest BCUT2D eigenvalue weighted by molar-refractivity contribution is 0.105. The van der Waals surface area contributed by atoms with Crippen molar-refractivity contribution in [3.05, 3.63) is 100 Å². The molecule has 0 saturated carbocycles. The third-order valence-electron chi connectivity index (χ3n) is 3.61. The second-order valence-corrected chi connectivity index (χ2v) is 5.23. The van der Waals surface area contributed by atoms with E-state index < -0.39 is 0 Å². The highest BCUT2D eigenvalue weighted by Crippen LogP contribution is 2.20. The molecule has 0 bridgehead atoms. The van der Waals surface area contributed by atoms with Crippen molar-refractivity contribution in [3.63, 3.8) is 0 Å². The number of azide groups is 1. The normalized spacial score (nSPS) is 9.44. The number of carbonyl (C=O) groups is 1. The maximum atomic E-state index is 12.2. The van der Waals surface area contributed by atoms with Crippen LogP contribution in [-0.2, 0) is 0 Å². The number of nitrogens with zero attached hydrogens (tertiary/aromatic N) is 3. The lowest BCUT2D eigenvalue weighted by atomic mass is 10.0. The third-order valence-corrected chi connectivity index (χ3v) is 3.61. The van der Waals surface area contributed by atoms with Gasteiger partial charge in [-0.15, -0.1) is 0 Å². The van der Waals surface area contributed by atoms with Gasteiger partial charge in [-0.3, -0.25) is 4.79 Å². The van der Waals surface area contributed by atoms with Gasteiger partial charge in [0.1, 0.15) is 0 Å². The van der Waals surface area contributed by atoms with Crippen molar-refractivity contribution in [1.29, 1.82) is 0 Å². The Morgan fingerprint density at radius 3 is 2.20 bits per heavy atom. The van der Waals surface area contributed by atoms with Crippen LogP contribution in [0, 0.1) is 11.8 Å². The number of hydrogen-bond donors (Lipinski definition) is 0. The van der Waals surface area contributed by atoms with Crippen molar-refractivity contribution < 1.29 is 4.79 Å². The zero-order valence-corrected chi connectivity index (χ0v) is 13.3. The molecule has 0 spiro atoms. The maximum absolute atomic E-state index is 12.2. The maximum Gasteiger partial charge on any atom is 0.236 e. The summed E-state index contributed by atoms with van der Waals surface area (Å²) in [6.45, 7) is 0. The van der Waals surface area contributed by atoms with Gasteiger partial charge in [0, 0.05) is 21.7 Å². The smallest absolute Gasteiger partial charge is 0.236 e. The molecule has 118 valence electrons. The van der Waals surface area contributed by atoms with Crippen LogP contribution in [0.1, 0.15) is 15.9 Å². The summed E-state index contributed by atoms with van der Waals surface area (Å²) in [5.74, 6) is 5.08. The van der Waals surface area contributed by atoms with Gasteiger partial charge in [-0.1, -0.05) is 71.7 Å². The summed E-state index contributed by atoms with van der Waals surface area (Å²) < 4.78 is 0. The highest BCUT2D eigenvalue weighted by Gasteiger charge is 2.06. The zero-order valence-electron chi connectivity index (χ0n) is 13.3. The Hall–Kier alpha value is -3.80. The van der Waals surface area contributed by atoms with E-state index in [9.17, 15) is 4.79 Å². The van der Waals surface area contributed by atoms with E-state index in [1.54, 1.807) is 24.3 Å². The quantitative estimate of drug-likeness (QED) is 0.205. The molecule has 0 radical (unpaired) electrons. The van der Waals surface area contributed by atoms with Gasteiger partial charge < -0.3 is 0 Å². The molecule has 3 rings (SSSR count). The van der Waals surface area contributed by atoms with Crippen molar-refractivity contribution in [2.24, 2.45) is 5.11 Å². The van der Waals surface area contributed by atoms with E-state index in [0.29, 0.717) is 5.56 Å². The van der Waals surface area contributed by atoms with E-state index in [-0.39, 0.29) is 11.5 Å². The molecule has 0 aliphatic rings. The first-order valence-corrected chi connectivity index (χ1v) is 7.64. The van der Waals surface area contributed by atoms with Crippen LogP contribution in [0.4, 0.5) is 5.69 Å². The number of rotatable bonds is 3. The van der Waals surface area contributed by atoms with Gasteiger partial charge in [0.25, 0.3) is 0 Å². The molecule has 3 aromatic rings. The second kappa shape index (κ2) is 7.65. The second-order valence-electron chi connectivity index (χ2n) is 5.23. The average molecular weight is 323 g/mol. The first kappa shape index (κ1) is 16.1. The summed E-state index contributed by atoms with van der Waals surface area (Å²) in [4.78, 5) is 15.0. The van der Waals surface area contributed by atoms with Crippen LogP contribution in [0.25, 0.3) is 21.6 Å². The molecule has 0 unspecified atom stereocenters. The minimum atomic E-state index is -0.380. The van der Waals surface area contributed by atoms with Crippen molar-refractivity contribution >= 4 is 11.5 Å². The molecule has 0 amide bonds. The Bertz CT molecular complexity index is 1010. The average Bonchev–Trinajstić information content (AvgIpc) is 2.68. The van der Waals surface area contributed by atoms with Crippen molar-refractivity contribution in [2.75, 3.05) is 0 Å². The molecule has 0 aliphatic carbocycles. The first-order chi connectivity index (χ1) is 12.3. The molecule has 0 saturated heterocycles. The largest absolute Gasteiger partial charge is 0.279 e. The van der Waals surface area contributed by atoms with Crippen LogP contribution < -0.4 is 0 Å². The van der Waals surface area contributed by atoms with Crippen LogP contribution in [0.2, 0.25) is 0 Å². The Balaban J connectivity index is 1.82. The molecule has 3 aromatic carbocycles. The number of benzene rings is 3. The molecule has 0 aromatic heterocycles. The van der Waals surface area contributed by atoms with E-state index in [1.165, 1.54) is 0 Å². The SMILES string of the molecule is [N-]=[N+]=Nc1ccccc1C(=O)C#Cc1ccc(-c2ccccc2)cc1. The number of ketones is 1. The lowest BCUT2D eigenvalue weighted by Gasteiger charge is -2.01. The van der Waals surface area contributed by atoms with Gasteiger partial charge in [-0.2, -0.15) is 0 Å². The molecule has 0 atom stereocenters. The van der Waals surface area contributed by atoms with E-state index >= 15 is 0 Å². The van der Waals surface area contributed by atoms with Gasteiger partial charge in [0.15, 0.2) is 0 Å². The van der Waals surface area contributed by atoms with Crippen LogP contribution in [0.15, 0.2) is 84.0 Å². The van der Waals surface area contributed by atoms with E-state index in [0.717, 1.165) is 16.7 Å². The topological polar surface area (TPSA) is 65.8 Å². The standard InChI is InChI=1S/C21H13N3O/c22-24-23-20-9-5-4-8-19(20)21(25)15-12-16-10-13-18(14-11-16)17-6-2-1-3-7-17/h1-11,13-14H. The molecular weight excluding hydrogens is 310 g/mol. The minimum absolute atomic E-state index is 0.281. The van der Waals surface area contributed by atoms with Gasteiger partial charge >= 0.3 is 0 Å². The van der Waals surface area contributed by atoms with Crippen LogP contribution in [0.5, 0.6) is 0 Å². The fraction of sp³-hybridized carbons (Fsp3) is 0. The monoisotopic (exact) mass is 323 g/mol. The Morgan fingerprint density at radius 2 is 1.48 bits per heavy atom. The summed E-state index contributed by atoms with van der Waals surface area (Å²) >= 11 is 0. The summed E-state index contributed by atoms with van der Waals surface area (Å²) in [6, 6.07) is 24.3. The molecular formula is C21H13N3O. The summed E-state index contributed by atoms with van der Waals surface area (Å²) in [5, 5.41) is 3.52. The molecule has 0 aliphatic heterocycles. The minimum Gasteiger partial charge on any atom is -0.279 e. The Labute approximate surface area is 145 Å². The van der Waals surface area contributed by atoms with Crippen molar-refractivity contribution in [3.8, 4) is 23.0 Å². The van der Waals surface area contributed by atoms with Gasteiger partial charge in [-0.25, -0.2) is 0 Å². The molecule has 0 heterocycles. The lowest BCUT2D eigenvalue weighted by Crippen LogP contribution is -1.95. The number of hydrogen-bond acceptors (Lipinski definition) is 2. The predicted molar refractivity (Wildman–Crippen MR) is 98.3 cm³/mol. The van der Waals surface area contributed by atoms with E-state index in [4.69, 9.17) is 5.53 Å². The molecule has 0 fully saturated rings. The van der Waals surface area contributed by atoms with Crippen molar-refractivity contribution in [1.82, 2.24) is 0 Å². The Morgan fingerprint density at radius 1 is 0.840 bits per heavy atom. The molecule has 25 heavy (non-hydrogen) atoms.